The second kappa shape index (κ2) is 4.99. The molecule has 0 aliphatic heterocycles. The first-order valence-corrected chi connectivity index (χ1v) is 5.88. The number of hydrogen-bond acceptors (Lipinski definition) is 1. The molecule has 15 heavy (non-hydrogen) atoms. The van der Waals surface area contributed by atoms with E-state index in [0.717, 1.165) is 15.7 Å². The number of nitrogens with zero attached hydrogens (tertiary/aromatic N) is 1. The molecule has 0 aromatic heterocycles. The Hall–Kier alpha value is -0.540. The fourth-order valence-corrected chi connectivity index (χ4v) is 1.69. The molecule has 0 unspecified atom stereocenters. The number of nitrogens with two attached hydrogens (primary N) is 1. The first-order chi connectivity index (χ1) is 6.91. The van der Waals surface area contributed by atoms with Gasteiger partial charge in [-0.15, -0.1) is 0 Å². The lowest BCUT2D eigenvalue weighted by Crippen LogP contribution is -2.18. The smallest absolute Gasteiger partial charge is 0.102 e. The lowest BCUT2D eigenvalue weighted by atomic mass is 10.2. The van der Waals surface area contributed by atoms with Crippen molar-refractivity contribution in [2.45, 2.75) is 20.8 Å². The summed E-state index contributed by atoms with van der Waals surface area (Å²) in [6, 6.07) is 3.75. The normalized spacial score (nSPS) is 12.3. The van der Waals surface area contributed by atoms with Gasteiger partial charge in [-0.05, 0) is 40.5 Å². The fraction of sp³-hybridized carbons (Fsp3) is 0.364. The van der Waals surface area contributed by atoms with Crippen LogP contribution in [0.5, 0.6) is 0 Å². The summed E-state index contributed by atoms with van der Waals surface area (Å²) in [6.07, 6.45) is 0. The van der Waals surface area contributed by atoms with Crippen LogP contribution in [0.15, 0.2) is 21.6 Å². The Morgan fingerprint density at radius 2 is 2.07 bits per heavy atom. The molecule has 0 bridgehead atoms. The van der Waals surface area contributed by atoms with E-state index >= 15 is 0 Å². The molecule has 0 saturated carbocycles. The molecule has 0 saturated heterocycles. The third kappa shape index (κ3) is 3.21. The van der Waals surface area contributed by atoms with E-state index in [9.17, 15) is 0 Å². The van der Waals surface area contributed by atoms with E-state index < -0.39 is 0 Å². The number of halogens is 2. The molecule has 1 aromatic rings. The van der Waals surface area contributed by atoms with E-state index in [-0.39, 0.29) is 5.92 Å². The number of aliphatic imine (C=N–C) groups is 1. The number of hydrogen-bond donors (Lipinski definition) is 1. The summed E-state index contributed by atoms with van der Waals surface area (Å²) in [7, 11) is 0. The van der Waals surface area contributed by atoms with Crippen molar-refractivity contribution in [2.75, 3.05) is 0 Å². The van der Waals surface area contributed by atoms with Crippen molar-refractivity contribution >= 4 is 39.1 Å². The Morgan fingerprint density at radius 3 is 2.60 bits per heavy atom. The second-order valence-corrected chi connectivity index (χ2v) is 5.01. The van der Waals surface area contributed by atoms with Crippen molar-refractivity contribution < 1.29 is 0 Å². The van der Waals surface area contributed by atoms with Gasteiger partial charge in [0.15, 0.2) is 0 Å². The van der Waals surface area contributed by atoms with Crippen molar-refractivity contribution in [2.24, 2.45) is 16.6 Å². The van der Waals surface area contributed by atoms with Crippen LogP contribution >= 0.6 is 27.5 Å². The van der Waals surface area contributed by atoms with Crippen LogP contribution in [0.1, 0.15) is 19.4 Å². The van der Waals surface area contributed by atoms with Crippen LogP contribution in [0, 0.1) is 12.8 Å². The Morgan fingerprint density at radius 1 is 1.47 bits per heavy atom. The molecular weight excluding hydrogens is 275 g/mol. The summed E-state index contributed by atoms with van der Waals surface area (Å²) < 4.78 is 0.910. The largest absolute Gasteiger partial charge is 0.387 e. The molecule has 0 atom stereocenters. The number of rotatable bonds is 2. The van der Waals surface area contributed by atoms with Crippen LogP contribution < -0.4 is 5.73 Å². The van der Waals surface area contributed by atoms with Gasteiger partial charge in [0.1, 0.15) is 5.84 Å². The van der Waals surface area contributed by atoms with Crippen LogP contribution in [-0.2, 0) is 0 Å². The molecule has 0 aliphatic rings. The number of benzene rings is 1. The zero-order valence-corrected chi connectivity index (χ0v) is 11.4. The SMILES string of the molecule is Cc1cc(Br)c(N=C(N)C(C)C)cc1Cl. The van der Waals surface area contributed by atoms with Gasteiger partial charge in [0.05, 0.1) is 5.69 Å². The maximum atomic E-state index is 6.02. The van der Waals surface area contributed by atoms with Crippen LogP contribution in [0.2, 0.25) is 5.02 Å². The highest BCUT2D eigenvalue weighted by atomic mass is 79.9. The summed E-state index contributed by atoms with van der Waals surface area (Å²) >= 11 is 9.46. The van der Waals surface area contributed by atoms with Crippen molar-refractivity contribution in [3.8, 4) is 0 Å². The third-order valence-electron chi connectivity index (χ3n) is 2.07. The highest BCUT2D eigenvalue weighted by Gasteiger charge is 2.05. The molecule has 2 nitrogen and oxygen atoms in total. The van der Waals surface area contributed by atoms with Gasteiger partial charge < -0.3 is 5.73 Å². The molecule has 0 fully saturated rings. The van der Waals surface area contributed by atoms with Crippen molar-refractivity contribution in [1.29, 1.82) is 0 Å². The van der Waals surface area contributed by atoms with E-state index in [0.29, 0.717) is 10.9 Å². The maximum Gasteiger partial charge on any atom is 0.102 e. The minimum atomic E-state index is 0.233. The van der Waals surface area contributed by atoms with Crippen molar-refractivity contribution in [3.05, 3.63) is 27.2 Å². The van der Waals surface area contributed by atoms with Gasteiger partial charge in [-0.25, -0.2) is 4.99 Å². The predicted molar refractivity (Wildman–Crippen MR) is 70.0 cm³/mol. The van der Waals surface area contributed by atoms with Gasteiger partial charge in [-0.1, -0.05) is 25.4 Å². The van der Waals surface area contributed by atoms with E-state index in [1.54, 1.807) is 0 Å². The topological polar surface area (TPSA) is 38.4 Å². The fourth-order valence-electron chi connectivity index (χ4n) is 0.990. The first kappa shape index (κ1) is 12.5. The average Bonchev–Trinajstić information content (AvgIpc) is 2.13. The molecule has 1 rings (SSSR count). The minimum Gasteiger partial charge on any atom is -0.387 e. The van der Waals surface area contributed by atoms with E-state index in [1.807, 2.05) is 32.9 Å². The van der Waals surface area contributed by atoms with Gasteiger partial charge in [-0.3, -0.25) is 0 Å². The van der Waals surface area contributed by atoms with Gasteiger partial charge in [0.2, 0.25) is 0 Å². The van der Waals surface area contributed by atoms with Gasteiger partial charge >= 0.3 is 0 Å². The van der Waals surface area contributed by atoms with Gasteiger partial charge in [0, 0.05) is 15.4 Å². The molecule has 1 aromatic carbocycles. The molecule has 0 radical (unpaired) electrons. The summed E-state index contributed by atoms with van der Waals surface area (Å²) in [6.45, 7) is 5.96. The second-order valence-electron chi connectivity index (χ2n) is 3.74. The van der Waals surface area contributed by atoms with Crippen LogP contribution in [0.4, 0.5) is 5.69 Å². The van der Waals surface area contributed by atoms with Crippen molar-refractivity contribution in [3.63, 3.8) is 0 Å². The average molecular weight is 290 g/mol. The zero-order chi connectivity index (χ0) is 11.6. The summed E-state index contributed by atoms with van der Waals surface area (Å²) in [5.41, 5.74) is 7.59. The lowest BCUT2D eigenvalue weighted by Gasteiger charge is -2.07. The number of aryl methyl sites for hydroxylation is 1. The molecular formula is C11H14BrClN2. The molecule has 4 heteroatoms. The molecule has 0 heterocycles. The quantitative estimate of drug-likeness (QED) is 0.647. The highest BCUT2D eigenvalue weighted by molar-refractivity contribution is 9.10. The monoisotopic (exact) mass is 288 g/mol. The third-order valence-corrected chi connectivity index (χ3v) is 3.11. The summed E-state index contributed by atoms with van der Waals surface area (Å²) in [5, 5.41) is 0.702. The van der Waals surface area contributed by atoms with Gasteiger partial charge in [0.25, 0.3) is 0 Å². The van der Waals surface area contributed by atoms with E-state index in [2.05, 4.69) is 20.9 Å². The first-order valence-electron chi connectivity index (χ1n) is 4.71. The van der Waals surface area contributed by atoms with Crippen molar-refractivity contribution in [1.82, 2.24) is 0 Å². The molecule has 0 aliphatic carbocycles. The predicted octanol–water partition coefficient (Wildman–Crippen LogP) is 4.06. The summed E-state index contributed by atoms with van der Waals surface area (Å²) in [5.74, 6) is 0.840. The zero-order valence-electron chi connectivity index (χ0n) is 9.01. The number of amidine groups is 1. The lowest BCUT2D eigenvalue weighted by molar-refractivity contribution is 0.873. The van der Waals surface area contributed by atoms with Crippen LogP contribution in [-0.4, -0.2) is 5.84 Å². The molecule has 0 spiro atoms. The Labute approximate surface area is 104 Å². The highest BCUT2D eigenvalue weighted by Crippen LogP contribution is 2.31. The standard InChI is InChI=1S/C11H14BrClN2/c1-6(2)11(14)15-10-5-9(13)7(3)4-8(10)12/h4-6H,1-3H3,(H2,14,15). The van der Waals surface area contributed by atoms with E-state index in [4.69, 9.17) is 17.3 Å². The Bertz CT molecular complexity index is 400. The minimum absolute atomic E-state index is 0.233. The summed E-state index contributed by atoms with van der Waals surface area (Å²) in [4.78, 5) is 4.32. The molecule has 82 valence electrons. The molecule has 2 N–H and O–H groups in total. The Balaban J connectivity index is 3.16. The van der Waals surface area contributed by atoms with Gasteiger partial charge in [-0.2, -0.15) is 0 Å². The van der Waals surface area contributed by atoms with E-state index in [1.165, 1.54) is 0 Å². The Kier molecular flexibility index (Phi) is 4.17. The maximum absolute atomic E-state index is 6.02. The molecule has 0 amide bonds. The van der Waals surface area contributed by atoms with Crippen LogP contribution in [0.25, 0.3) is 0 Å². The van der Waals surface area contributed by atoms with Crippen LogP contribution in [0.3, 0.4) is 0 Å².